The lowest BCUT2D eigenvalue weighted by Crippen LogP contribution is -2.63. The van der Waals surface area contributed by atoms with Crippen molar-refractivity contribution in [1.82, 2.24) is 0 Å². The molecule has 0 unspecified atom stereocenters. The van der Waals surface area contributed by atoms with E-state index in [2.05, 4.69) is 11.7 Å². The van der Waals surface area contributed by atoms with Crippen LogP contribution in [-0.4, -0.2) is 52.0 Å². The fourth-order valence-corrected chi connectivity index (χ4v) is 7.12. The molecule has 0 aromatic carbocycles. The second-order valence-corrected chi connectivity index (χ2v) is 9.60. The molecule has 6 heteroatoms. The molecule has 0 spiro atoms. The van der Waals surface area contributed by atoms with Gasteiger partial charge in [-0.2, -0.15) is 0 Å². The van der Waals surface area contributed by atoms with E-state index >= 15 is 0 Å². The van der Waals surface area contributed by atoms with E-state index in [0.717, 1.165) is 18.4 Å². The van der Waals surface area contributed by atoms with Crippen LogP contribution < -0.4 is 0 Å². The molecule has 4 rings (SSSR count). The number of carbonyl (C=O) groups is 2. The number of hydrogen-bond donors (Lipinski definition) is 3. The molecule has 0 aromatic rings. The minimum absolute atomic E-state index is 0.00231. The van der Waals surface area contributed by atoms with Crippen LogP contribution in [0.1, 0.15) is 46.0 Å². The topological polar surface area (TPSA) is 104 Å². The van der Waals surface area contributed by atoms with Crippen molar-refractivity contribution in [1.29, 1.82) is 0 Å². The maximum absolute atomic E-state index is 12.0. The molecule has 4 aliphatic rings. The van der Waals surface area contributed by atoms with Gasteiger partial charge in [0, 0.05) is 16.7 Å². The maximum Gasteiger partial charge on any atom is 0.337 e. The SMILES string of the molecule is COC(=O)[C@@H](O)[C@@]1(O)CC[C@H]2[C@@H]3CCC4=CC(=O)C=C[C@@]4(C)[C@H]3[C@@H](O)C[C@@]21C. The maximum atomic E-state index is 12.0. The Morgan fingerprint density at radius 2 is 2.04 bits per heavy atom. The van der Waals surface area contributed by atoms with Gasteiger partial charge < -0.3 is 20.1 Å². The fourth-order valence-electron chi connectivity index (χ4n) is 7.12. The highest BCUT2D eigenvalue weighted by Gasteiger charge is 2.68. The van der Waals surface area contributed by atoms with Crippen LogP contribution in [-0.2, 0) is 14.3 Å². The number of aliphatic hydroxyl groups excluding tert-OH is 2. The summed E-state index contributed by atoms with van der Waals surface area (Å²) in [5.74, 6) is -0.664. The quantitative estimate of drug-likeness (QED) is 0.618. The van der Waals surface area contributed by atoms with Gasteiger partial charge in [-0.25, -0.2) is 4.79 Å². The van der Waals surface area contributed by atoms with E-state index in [1.807, 2.05) is 13.0 Å². The van der Waals surface area contributed by atoms with Gasteiger partial charge in [-0.1, -0.05) is 25.5 Å². The van der Waals surface area contributed by atoms with Crippen molar-refractivity contribution in [3.63, 3.8) is 0 Å². The number of carbonyl (C=O) groups excluding carboxylic acids is 2. The lowest BCUT2D eigenvalue weighted by Gasteiger charge is -2.60. The number of ketones is 1. The van der Waals surface area contributed by atoms with Crippen molar-refractivity contribution in [3.05, 3.63) is 23.8 Å². The van der Waals surface area contributed by atoms with E-state index in [-0.39, 0.29) is 29.0 Å². The first-order valence-electron chi connectivity index (χ1n) is 10.2. The van der Waals surface area contributed by atoms with Crippen molar-refractivity contribution >= 4 is 11.8 Å². The summed E-state index contributed by atoms with van der Waals surface area (Å²) in [6, 6.07) is 0. The van der Waals surface area contributed by atoms with Gasteiger partial charge >= 0.3 is 5.97 Å². The number of fused-ring (bicyclic) bond motifs is 5. The van der Waals surface area contributed by atoms with Crippen LogP contribution in [0.4, 0.5) is 0 Å². The van der Waals surface area contributed by atoms with Crippen molar-refractivity contribution < 1.29 is 29.6 Å². The Kier molecular flexibility index (Phi) is 4.42. The molecule has 3 fully saturated rings. The Balaban J connectivity index is 1.72. The third-order valence-corrected chi connectivity index (χ3v) is 8.59. The standard InChI is InChI=1S/C22H30O6/c1-20-8-6-13(23)10-12(20)4-5-14-15-7-9-22(27,18(25)19(26)28-3)21(15,2)11-16(24)17(14)20/h6,8,10,14-18,24-25,27H,4-5,7,9,11H2,1-3H3/t14-,15-,16-,17+,18+,20+,21-,22-/m0/s1. The third-order valence-electron chi connectivity index (χ3n) is 8.59. The monoisotopic (exact) mass is 390 g/mol. The van der Waals surface area contributed by atoms with Crippen LogP contribution in [0.15, 0.2) is 23.8 Å². The molecular weight excluding hydrogens is 360 g/mol. The Morgan fingerprint density at radius 1 is 1.32 bits per heavy atom. The number of esters is 1. The second kappa shape index (κ2) is 6.25. The minimum atomic E-state index is -1.63. The second-order valence-electron chi connectivity index (χ2n) is 9.60. The normalized spacial score (nSPS) is 48.2. The molecule has 0 amide bonds. The lowest BCUT2D eigenvalue weighted by molar-refractivity contribution is -0.209. The van der Waals surface area contributed by atoms with Crippen molar-refractivity contribution in [3.8, 4) is 0 Å². The van der Waals surface area contributed by atoms with Gasteiger partial charge in [0.15, 0.2) is 11.9 Å². The molecule has 154 valence electrons. The summed E-state index contributed by atoms with van der Waals surface area (Å²) in [5, 5.41) is 33.2. The summed E-state index contributed by atoms with van der Waals surface area (Å²) in [6.45, 7) is 3.99. The van der Waals surface area contributed by atoms with Crippen LogP contribution in [0.25, 0.3) is 0 Å². The summed E-state index contributed by atoms with van der Waals surface area (Å²) in [4.78, 5) is 23.9. The van der Waals surface area contributed by atoms with E-state index in [1.54, 1.807) is 12.2 Å². The molecule has 0 aliphatic heterocycles. The molecule has 0 saturated heterocycles. The van der Waals surface area contributed by atoms with Crippen LogP contribution >= 0.6 is 0 Å². The highest BCUT2D eigenvalue weighted by Crippen LogP contribution is 2.67. The zero-order valence-corrected chi connectivity index (χ0v) is 16.7. The van der Waals surface area contributed by atoms with E-state index < -0.39 is 29.2 Å². The first-order chi connectivity index (χ1) is 13.1. The number of rotatable bonds is 2. The first-order valence-corrected chi connectivity index (χ1v) is 10.2. The molecular formula is C22H30O6. The van der Waals surface area contributed by atoms with Gasteiger partial charge in [-0.15, -0.1) is 0 Å². The molecule has 0 aromatic heterocycles. The Bertz CT molecular complexity index is 771. The minimum Gasteiger partial charge on any atom is -0.467 e. The summed E-state index contributed by atoms with van der Waals surface area (Å²) in [6.07, 6.45) is 5.82. The Morgan fingerprint density at radius 3 is 2.71 bits per heavy atom. The number of aliphatic hydroxyl groups is 3. The van der Waals surface area contributed by atoms with Gasteiger partial charge in [-0.3, -0.25) is 4.79 Å². The number of ether oxygens (including phenoxy) is 1. The summed E-state index contributed by atoms with van der Waals surface area (Å²) >= 11 is 0. The zero-order valence-electron chi connectivity index (χ0n) is 16.7. The van der Waals surface area contributed by atoms with Crippen LogP contribution in [0.2, 0.25) is 0 Å². The Hall–Kier alpha value is -1.50. The highest BCUT2D eigenvalue weighted by atomic mass is 16.5. The fraction of sp³-hybridized carbons (Fsp3) is 0.727. The van der Waals surface area contributed by atoms with Crippen LogP contribution in [0, 0.1) is 28.6 Å². The van der Waals surface area contributed by atoms with Crippen molar-refractivity contribution in [2.75, 3.05) is 7.11 Å². The van der Waals surface area contributed by atoms with Crippen molar-refractivity contribution in [2.45, 2.75) is 63.8 Å². The molecule has 0 radical (unpaired) electrons. The number of hydrogen-bond acceptors (Lipinski definition) is 6. The molecule has 4 aliphatic carbocycles. The van der Waals surface area contributed by atoms with Gasteiger partial charge in [0.05, 0.1) is 13.2 Å². The largest absolute Gasteiger partial charge is 0.467 e. The first kappa shape index (κ1) is 19.8. The predicted molar refractivity (Wildman–Crippen MR) is 101 cm³/mol. The summed E-state index contributed by atoms with van der Waals surface area (Å²) in [7, 11) is 1.20. The van der Waals surface area contributed by atoms with Crippen LogP contribution in [0.3, 0.4) is 0 Å². The average Bonchev–Trinajstić information content (AvgIpc) is 2.92. The summed E-state index contributed by atoms with van der Waals surface area (Å²) < 4.78 is 4.68. The van der Waals surface area contributed by atoms with E-state index in [0.29, 0.717) is 19.3 Å². The predicted octanol–water partition coefficient (Wildman–Crippen LogP) is 1.53. The molecule has 28 heavy (non-hydrogen) atoms. The molecule has 6 nitrogen and oxygen atoms in total. The molecule has 0 heterocycles. The highest BCUT2D eigenvalue weighted by molar-refractivity contribution is 6.01. The van der Waals surface area contributed by atoms with Crippen molar-refractivity contribution in [2.24, 2.45) is 28.6 Å². The molecule has 3 saturated carbocycles. The molecule has 8 atom stereocenters. The molecule has 0 bridgehead atoms. The van der Waals surface area contributed by atoms with E-state index in [1.165, 1.54) is 7.11 Å². The smallest absolute Gasteiger partial charge is 0.337 e. The van der Waals surface area contributed by atoms with Gasteiger partial charge in [-0.05, 0) is 56.1 Å². The zero-order chi connectivity index (χ0) is 20.5. The van der Waals surface area contributed by atoms with Gasteiger partial charge in [0.2, 0.25) is 0 Å². The number of methoxy groups -OCH3 is 1. The Labute approximate surface area is 165 Å². The van der Waals surface area contributed by atoms with Crippen LogP contribution in [0.5, 0.6) is 0 Å². The third kappa shape index (κ3) is 2.37. The van der Waals surface area contributed by atoms with E-state index in [9.17, 15) is 24.9 Å². The van der Waals surface area contributed by atoms with Gasteiger partial charge in [0.1, 0.15) is 5.60 Å². The lowest BCUT2D eigenvalue weighted by atomic mass is 9.46. The van der Waals surface area contributed by atoms with E-state index in [4.69, 9.17) is 0 Å². The average molecular weight is 390 g/mol. The number of allylic oxidation sites excluding steroid dienone is 4. The molecule has 3 N–H and O–H groups in total. The van der Waals surface area contributed by atoms with Gasteiger partial charge in [0.25, 0.3) is 0 Å². The summed E-state index contributed by atoms with van der Waals surface area (Å²) in [5.41, 5.74) is -1.70.